The number of carbonyl (C=O) groups excluding carboxylic acids is 1. The number of nitrogens with zero attached hydrogens (tertiary/aromatic N) is 2. The van der Waals surface area contributed by atoms with E-state index >= 15 is 0 Å². The van der Waals surface area contributed by atoms with Crippen LogP contribution in [-0.2, 0) is 9.53 Å². The van der Waals surface area contributed by atoms with E-state index in [1.165, 1.54) is 31.9 Å². The summed E-state index contributed by atoms with van der Waals surface area (Å²) in [5.74, 6) is 0.00436. The third-order valence-electron chi connectivity index (χ3n) is 3.94. The zero-order valence-corrected chi connectivity index (χ0v) is 14.7. The molecule has 0 aliphatic carbocycles. The van der Waals surface area contributed by atoms with Gasteiger partial charge in [-0.3, -0.25) is 0 Å². The summed E-state index contributed by atoms with van der Waals surface area (Å²) in [6, 6.07) is 1.69. The van der Waals surface area contributed by atoms with E-state index < -0.39 is 12.1 Å². The maximum atomic E-state index is 11.9. The normalized spacial score (nSPS) is 19.1. The molecule has 134 valence electrons. The summed E-state index contributed by atoms with van der Waals surface area (Å²) < 4.78 is 16.0. The summed E-state index contributed by atoms with van der Waals surface area (Å²) in [7, 11) is 0. The lowest BCUT2D eigenvalue weighted by Gasteiger charge is -2.06. The van der Waals surface area contributed by atoms with E-state index in [9.17, 15) is 4.79 Å². The van der Waals surface area contributed by atoms with Crippen LogP contribution in [0.3, 0.4) is 0 Å². The number of unbranched alkanes of at least 4 members (excludes halogenated alkanes) is 5. The van der Waals surface area contributed by atoms with Crippen LogP contribution in [0, 0.1) is 0 Å². The lowest BCUT2D eigenvalue weighted by atomic mass is 10.1. The van der Waals surface area contributed by atoms with Crippen molar-refractivity contribution < 1.29 is 19.0 Å². The topological polar surface area (TPSA) is 73.8 Å². The molecule has 24 heavy (non-hydrogen) atoms. The molecule has 1 aromatic heterocycles. The SMILES string of the molecule is CCCCCCCCOc1ccnc(OC(=O)[C@@H]2O[C@@H]2CCC)n1. The maximum Gasteiger partial charge on any atom is 0.345 e. The van der Waals surface area contributed by atoms with Crippen molar-refractivity contribution in [3.63, 3.8) is 0 Å². The van der Waals surface area contributed by atoms with Gasteiger partial charge in [0.05, 0.1) is 12.7 Å². The van der Waals surface area contributed by atoms with E-state index in [1.54, 1.807) is 6.07 Å². The Labute approximate surface area is 143 Å². The largest absolute Gasteiger partial charge is 0.478 e. The average molecular weight is 336 g/mol. The number of carbonyl (C=O) groups is 1. The van der Waals surface area contributed by atoms with Crippen LogP contribution in [0.4, 0.5) is 0 Å². The number of rotatable bonds is 12. The maximum absolute atomic E-state index is 11.9. The highest BCUT2D eigenvalue weighted by molar-refractivity contribution is 5.79. The lowest BCUT2D eigenvalue weighted by Crippen LogP contribution is -2.18. The molecule has 0 saturated carbocycles. The molecule has 0 spiro atoms. The Bertz CT molecular complexity index is 510. The van der Waals surface area contributed by atoms with E-state index in [0.717, 1.165) is 25.7 Å². The lowest BCUT2D eigenvalue weighted by molar-refractivity contribution is -0.136. The minimum atomic E-state index is -0.471. The minimum Gasteiger partial charge on any atom is -0.478 e. The Morgan fingerprint density at radius 3 is 2.75 bits per heavy atom. The van der Waals surface area contributed by atoms with Crippen LogP contribution < -0.4 is 9.47 Å². The quantitative estimate of drug-likeness (QED) is 0.329. The third-order valence-corrected chi connectivity index (χ3v) is 3.94. The van der Waals surface area contributed by atoms with E-state index in [1.807, 2.05) is 0 Å². The summed E-state index contributed by atoms with van der Waals surface area (Å²) >= 11 is 0. The van der Waals surface area contributed by atoms with Crippen LogP contribution in [0.1, 0.15) is 65.2 Å². The first-order valence-electron chi connectivity index (χ1n) is 9.07. The van der Waals surface area contributed by atoms with Crippen molar-refractivity contribution in [1.82, 2.24) is 9.97 Å². The smallest absolute Gasteiger partial charge is 0.345 e. The molecule has 0 bridgehead atoms. The molecular formula is C18H28N2O4. The van der Waals surface area contributed by atoms with Crippen molar-refractivity contribution in [3.8, 4) is 11.9 Å². The van der Waals surface area contributed by atoms with E-state index in [2.05, 4.69) is 23.8 Å². The molecule has 1 saturated heterocycles. The van der Waals surface area contributed by atoms with Gasteiger partial charge in [-0.2, -0.15) is 4.98 Å². The molecule has 1 fully saturated rings. The Hall–Kier alpha value is -1.69. The Morgan fingerprint density at radius 2 is 1.96 bits per heavy atom. The molecular weight excluding hydrogens is 308 g/mol. The Morgan fingerprint density at radius 1 is 1.17 bits per heavy atom. The van der Waals surface area contributed by atoms with E-state index in [-0.39, 0.29) is 12.1 Å². The molecule has 2 heterocycles. The molecule has 0 aromatic carbocycles. The van der Waals surface area contributed by atoms with Gasteiger partial charge in [0.2, 0.25) is 5.88 Å². The fraction of sp³-hybridized carbons (Fsp3) is 0.722. The van der Waals surface area contributed by atoms with Crippen LogP contribution in [-0.4, -0.2) is 34.8 Å². The molecule has 6 heteroatoms. The van der Waals surface area contributed by atoms with Crippen LogP contribution in [0.5, 0.6) is 11.9 Å². The second-order valence-electron chi connectivity index (χ2n) is 6.10. The van der Waals surface area contributed by atoms with Gasteiger partial charge in [0.15, 0.2) is 6.10 Å². The highest BCUT2D eigenvalue weighted by Crippen LogP contribution is 2.27. The summed E-state index contributed by atoms with van der Waals surface area (Å²) in [6.45, 7) is 4.88. The Balaban J connectivity index is 1.67. The first-order chi connectivity index (χ1) is 11.7. The van der Waals surface area contributed by atoms with Gasteiger partial charge in [-0.05, 0) is 12.8 Å². The van der Waals surface area contributed by atoms with Gasteiger partial charge in [-0.15, -0.1) is 0 Å². The number of esters is 1. The fourth-order valence-corrected chi connectivity index (χ4v) is 2.52. The highest BCUT2D eigenvalue weighted by atomic mass is 16.6. The van der Waals surface area contributed by atoms with Gasteiger partial charge in [-0.1, -0.05) is 52.4 Å². The number of epoxide rings is 1. The monoisotopic (exact) mass is 336 g/mol. The molecule has 0 radical (unpaired) electrons. The number of aromatic nitrogens is 2. The number of hydrogen-bond donors (Lipinski definition) is 0. The van der Waals surface area contributed by atoms with Crippen LogP contribution in [0.2, 0.25) is 0 Å². The zero-order valence-electron chi connectivity index (χ0n) is 14.7. The predicted molar refractivity (Wildman–Crippen MR) is 90.1 cm³/mol. The zero-order chi connectivity index (χ0) is 17.2. The van der Waals surface area contributed by atoms with Gasteiger partial charge in [0.25, 0.3) is 0 Å². The standard InChI is InChI=1S/C18H28N2O4/c1-3-5-6-7-8-9-13-22-15-11-12-19-18(20-15)24-17(21)16-14(23-16)10-4-2/h11-12,14,16H,3-10,13H2,1-2H3/t14-,16-/m1/s1. The van der Waals surface area contributed by atoms with Gasteiger partial charge >= 0.3 is 12.0 Å². The average Bonchev–Trinajstić information content (AvgIpc) is 3.34. The van der Waals surface area contributed by atoms with Gasteiger partial charge in [0, 0.05) is 12.3 Å². The van der Waals surface area contributed by atoms with Gasteiger partial charge in [-0.25, -0.2) is 9.78 Å². The second kappa shape index (κ2) is 10.2. The van der Waals surface area contributed by atoms with Crippen LogP contribution >= 0.6 is 0 Å². The molecule has 0 amide bonds. The highest BCUT2D eigenvalue weighted by Gasteiger charge is 2.45. The van der Waals surface area contributed by atoms with Gasteiger partial charge < -0.3 is 14.2 Å². The summed E-state index contributed by atoms with van der Waals surface area (Å²) in [5, 5.41) is 0. The van der Waals surface area contributed by atoms with Gasteiger partial charge in [0.1, 0.15) is 0 Å². The van der Waals surface area contributed by atoms with Crippen molar-refractivity contribution in [2.75, 3.05) is 6.61 Å². The molecule has 0 unspecified atom stereocenters. The van der Waals surface area contributed by atoms with Crippen molar-refractivity contribution in [2.45, 2.75) is 77.4 Å². The van der Waals surface area contributed by atoms with E-state index in [4.69, 9.17) is 14.2 Å². The molecule has 2 rings (SSSR count). The number of ether oxygens (including phenoxy) is 3. The van der Waals surface area contributed by atoms with Crippen molar-refractivity contribution in [2.24, 2.45) is 0 Å². The van der Waals surface area contributed by atoms with Crippen LogP contribution in [0.25, 0.3) is 0 Å². The second-order valence-corrected chi connectivity index (χ2v) is 6.10. The van der Waals surface area contributed by atoms with E-state index in [0.29, 0.717) is 12.5 Å². The Kier molecular flexibility index (Phi) is 7.95. The van der Waals surface area contributed by atoms with Crippen LogP contribution in [0.15, 0.2) is 12.3 Å². The summed E-state index contributed by atoms with van der Waals surface area (Å²) in [6.07, 6.45) is 10.1. The fourth-order valence-electron chi connectivity index (χ4n) is 2.52. The molecule has 1 aliphatic rings. The molecule has 1 aliphatic heterocycles. The van der Waals surface area contributed by atoms with Crippen molar-refractivity contribution in [1.29, 1.82) is 0 Å². The molecule has 2 atom stereocenters. The first-order valence-corrected chi connectivity index (χ1v) is 9.07. The minimum absolute atomic E-state index is 0.0189. The summed E-state index contributed by atoms with van der Waals surface area (Å²) in [5.41, 5.74) is 0. The molecule has 0 N–H and O–H groups in total. The first kappa shape index (κ1) is 18.6. The van der Waals surface area contributed by atoms with Crippen molar-refractivity contribution >= 4 is 5.97 Å². The van der Waals surface area contributed by atoms with Crippen molar-refractivity contribution in [3.05, 3.63) is 12.3 Å². The third kappa shape index (κ3) is 6.43. The number of hydrogen-bond acceptors (Lipinski definition) is 6. The molecule has 6 nitrogen and oxygen atoms in total. The molecule has 1 aromatic rings. The predicted octanol–water partition coefficient (Wildman–Crippen LogP) is 3.69. The summed E-state index contributed by atoms with van der Waals surface area (Å²) in [4.78, 5) is 19.9.